The average Bonchev–Trinajstić information content (AvgIpc) is 2.39. The van der Waals surface area contributed by atoms with E-state index in [9.17, 15) is 9.18 Å². The lowest BCUT2D eigenvalue weighted by Gasteiger charge is -2.17. The van der Waals surface area contributed by atoms with Crippen LogP contribution < -0.4 is 10.1 Å². The first kappa shape index (κ1) is 15.4. The fraction of sp³-hybridized carbons (Fsp3) is 0.500. The third kappa shape index (κ3) is 6.20. The van der Waals surface area contributed by atoms with Crippen LogP contribution >= 0.6 is 0 Å². The maximum Gasteiger partial charge on any atom is 0.223 e. The Bertz CT molecular complexity index is 399. The average molecular weight is 268 g/mol. The first-order valence-corrected chi connectivity index (χ1v) is 6.46. The maximum absolute atomic E-state index is 12.9. The summed E-state index contributed by atoms with van der Waals surface area (Å²) in [6, 6.07) is 5.97. The Morgan fingerprint density at radius 2 is 2.26 bits per heavy atom. The first-order valence-electron chi connectivity index (χ1n) is 6.46. The van der Waals surface area contributed by atoms with Crippen LogP contribution in [0.25, 0.3) is 0 Å². The molecule has 106 valence electrons. The summed E-state index contributed by atoms with van der Waals surface area (Å²) in [5, 5.41) is 3.10. The van der Waals surface area contributed by atoms with E-state index in [1.165, 1.54) is 12.1 Å². The molecule has 1 amide bonds. The van der Waals surface area contributed by atoms with Crippen LogP contribution in [-0.2, 0) is 4.79 Å². The van der Waals surface area contributed by atoms with Crippen LogP contribution in [-0.4, -0.2) is 44.1 Å². The highest BCUT2D eigenvalue weighted by Gasteiger charge is 2.07. The van der Waals surface area contributed by atoms with Gasteiger partial charge in [0.05, 0.1) is 6.54 Å². The molecule has 0 unspecified atom stereocenters. The van der Waals surface area contributed by atoms with Crippen LogP contribution in [0.3, 0.4) is 0 Å². The lowest BCUT2D eigenvalue weighted by Crippen LogP contribution is -2.33. The molecule has 1 N–H and O–H groups in total. The molecular formula is C14H21FN2O2. The van der Waals surface area contributed by atoms with E-state index in [2.05, 4.69) is 5.32 Å². The van der Waals surface area contributed by atoms with Crippen molar-refractivity contribution in [1.29, 1.82) is 0 Å². The zero-order valence-corrected chi connectivity index (χ0v) is 11.5. The Morgan fingerprint density at radius 1 is 1.47 bits per heavy atom. The van der Waals surface area contributed by atoms with Crippen molar-refractivity contribution >= 4 is 5.91 Å². The van der Waals surface area contributed by atoms with E-state index in [1.54, 1.807) is 24.1 Å². The molecule has 19 heavy (non-hydrogen) atoms. The van der Waals surface area contributed by atoms with Gasteiger partial charge in [0.25, 0.3) is 0 Å². The molecule has 1 aromatic rings. The van der Waals surface area contributed by atoms with Gasteiger partial charge in [-0.15, -0.1) is 0 Å². The molecule has 0 radical (unpaired) electrons. The van der Waals surface area contributed by atoms with Gasteiger partial charge < -0.3 is 15.0 Å². The summed E-state index contributed by atoms with van der Waals surface area (Å²) in [5.74, 6) is 0.227. The predicted octanol–water partition coefficient (Wildman–Crippen LogP) is 1.66. The maximum atomic E-state index is 12.9. The molecule has 5 heteroatoms. The van der Waals surface area contributed by atoms with Gasteiger partial charge in [0.2, 0.25) is 5.91 Å². The van der Waals surface area contributed by atoms with E-state index in [-0.39, 0.29) is 11.7 Å². The number of nitrogens with zero attached hydrogens (tertiary/aromatic N) is 1. The molecule has 0 aliphatic heterocycles. The molecule has 0 aliphatic carbocycles. The number of hydrogen-bond donors (Lipinski definition) is 1. The van der Waals surface area contributed by atoms with Gasteiger partial charge in [0.15, 0.2) is 0 Å². The molecule has 0 bridgehead atoms. The Kier molecular flexibility index (Phi) is 6.89. The number of rotatable bonds is 8. The molecule has 0 saturated heterocycles. The first-order chi connectivity index (χ1) is 9.13. The molecular weight excluding hydrogens is 247 g/mol. The molecule has 1 aromatic carbocycles. The van der Waals surface area contributed by atoms with Crippen molar-refractivity contribution < 1.29 is 13.9 Å². The number of amides is 1. The van der Waals surface area contributed by atoms with Crippen molar-refractivity contribution in [3.8, 4) is 5.75 Å². The number of nitrogens with one attached hydrogen (secondary N) is 1. The van der Waals surface area contributed by atoms with Crippen molar-refractivity contribution in [1.82, 2.24) is 10.2 Å². The normalized spacial score (nSPS) is 10.3. The van der Waals surface area contributed by atoms with Crippen molar-refractivity contribution in [2.75, 3.05) is 33.3 Å². The van der Waals surface area contributed by atoms with E-state index in [0.29, 0.717) is 31.9 Å². The second kappa shape index (κ2) is 8.48. The Hall–Kier alpha value is -1.62. The summed E-state index contributed by atoms with van der Waals surface area (Å²) >= 11 is 0. The SMILES string of the molecule is CCNCCC(=O)N(C)CCOc1cccc(F)c1. The summed E-state index contributed by atoms with van der Waals surface area (Å²) in [7, 11) is 1.74. The minimum absolute atomic E-state index is 0.0730. The molecule has 0 spiro atoms. The molecule has 0 aliphatic rings. The highest BCUT2D eigenvalue weighted by atomic mass is 19.1. The van der Waals surface area contributed by atoms with Crippen molar-refractivity contribution in [2.45, 2.75) is 13.3 Å². The number of benzene rings is 1. The molecule has 0 fully saturated rings. The van der Waals surface area contributed by atoms with Crippen LogP contribution in [0.4, 0.5) is 4.39 Å². The molecule has 0 aromatic heterocycles. The van der Waals surface area contributed by atoms with Gasteiger partial charge in [-0.3, -0.25) is 4.79 Å². The summed E-state index contributed by atoms with van der Waals surface area (Å²) < 4.78 is 18.3. The molecule has 0 atom stereocenters. The summed E-state index contributed by atoms with van der Waals surface area (Å²) in [5.41, 5.74) is 0. The summed E-state index contributed by atoms with van der Waals surface area (Å²) in [6.45, 7) is 4.39. The number of halogens is 1. The van der Waals surface area contributed by atoms with Gasteiger partial charge in [-0.1, -0.05) is 13.0 Å². The predicted molar refractivity (Wildman–Crippen MR) is 72.7 cm³/mol. The molecule has 1 rings (SSSR count). The number of ether oxygens (including phenoxy) is 1. The molecule has 0 heterocycles. The standard InChI is InChI=1S/C14H21FN2O2/c1-3-16-8-7-14(18)17(2)9-10-19-13-6-4-5-12(15)11-13/h4-6,11,16H,3,7-10H2,1-2H3. The zero-order valence-electron chi connectivity index (χ0n) is 11.5. The van der Waals surface area contributed by atoms with E-state index in [1.807, 2.05) is 6.92 Å². The second-order valence-corrected chi connectivity index (χ2v) is 4.22. The zero-order chi connectivity index (χ0) is 14.1. The lowest BCUT2D eigenvalue weighted by atomic mass is 10.3. The quantitative estimate of drug-likeness (QED) is 0.729. The minimum atomic E-state index is -0.326. The topological polar surface area (TPSA) is 41.6 Å². The smallest absolute Gasteiger partial charge is 0.223 e. The Morgan fingerprint density at radius 3 is 2.95 bits per heavy atom. The van der Waals surface area contributed by atoms with Crippen LogP contribution in [0, 0.1) is 5.82 Å². The second-order valence-electron chi connectivity index (χ2n) is 4.22. The van der Waals surface area contributed by atoms with E-state index in [4.69, 9.17) is 4.74 Å². The van der Waals surface area contributed by atoms with E-state index >= 15 is 0 Å². The highest BCUT2D eigenvalue weighted by molar-refractivity contribution is 5.76. The van der Waals surface area contributed by atoms with Crippen molar-refractivity contribution in [2.24, 2.45) is 0 Å². The number of carbonyl (C=O) groups excluding carboxylic acids is 1. The Labute approximate surface area is 113 Å². The van der Waals surface area contributed by atoms with Gasteiger partial charge in [-0.25, -0.2) is 4.39 Å². The van der Waals surface area contributed by atoms with Crippen molar-refractivity contribution in [3.63, 3.8) is 0 Å². The van der Waals surface area contributed by atoms with Crippen LogP contribution in [0.1, 0.15) is 13.3 Å². The van der Waals surface area contributed by atoms with Gasteiger partial charge in [-0.05, 0) is 18.7 Å². The minimum Gasteiger partial charge on any atom is -0.492 e. The van der Waals surface area contributed by atoms with Crippen LogP contribution in [0.5, 0.6) is 5.75 Å². The van der Waals surface area contributed by atoms with Gasteiger partial charge in [-0.2, -0.15) is 0 Å². The number of hydrogen-bond acceptors (Lipinski definition) is 3. The van der Waals surface area contributed by atoms with Crippen LogP contribution in [0.2, 0.25) is 0 Å². The molecule has 0 saturated carbocycles. The fourth-order valence-corrected chi connectivity index (χ4v) is 1.54. The van der Waals surface area contributed by atoms with E-state index in [0.717, 1.165) is 6.54 Å². The van der Waals surface area contributed by atoms with Gasteiger partial charge >= 0.3 is 0 Å². The largest absolute Gasteiger partial charge is 0.492 e. The van der Waals surface area contributed by atoms with Crippen molar-refractivity contribution in [3.05, 3.63) is 30.1 Å². The summed E-state index contributed by atoms with van der Waals surface area (Å²) in [6.07, 6.45) is 0.476. The summed E-state index contributed by atoms with van der Waals surface area (Å²) in [4.78, 5) is 13.3. The number of likely N-dealkylation sites (N-methyl/N-ethyl adjacent to an activating group) is 1. The Balaban J connectivity index is 2.23. The van der Waals surface area contributed by atoms with Gasteiger partial charge in [0.1, 0.15) is 18.2 Å². The third-order valence-electron chi connectivity index (χ3n) is 2.68. The van der Waals surface area contributed by atoms with Crippen LogP contribution in [0.15, 0.2) is 24.3 Å². The monoisotopic (exact) mass is 268 g/mol. The fourth-order valence-electron chi connectivity index (χ4n) is 1.54. The molecule has 4 nitrogen and oxygen atoms in total. The van der Waals surface area contributed by atoms with Gasteiger partial charge in [0, 0.05) is 26.1 Å². The van der Waals surface area contributed by atoms with E-state index < -0.39 is 0 Å². The highest BCUT2D eigenvalue weighted by Crippen LogP contribution is 2.11. The number of carbonyl (C=O) groups is 1. The third-order valence-corrected chi connectivity index (χ3v) is 2.68. The lowest BCUT2D eigenvalue weighted by molar-refractivity contribution is -0.130.